The first-order valence-corrected chi connectivity index (χ1v) is 2.69. The van der Waals surface area contributed by atoms with Gasteiger partial charge in [-0.25, -0.2) is 9.78 Å². The fourth-order valence-electron chi connectivity index (χ4n) is 0.397. The topological polar surface area (TPSA) is 50.2 Å². The van der Waals surface area contributed by atoms with Crippen LogP contribution in [-0.4, -0.2) is 16.1 Å². The van der Waals surface area contributed by atoms with Crippen LogP contribution in [0.15, 0.2) is 18.1 Å². The third-order valence-corrected chi connectivity index (χ3v) is 0.938. The van der Waals surface area contributed by atoms with E-state index in [4.69, 9.17) is 20.8 Å². The Labute approximate surface area is 66.5 Å². The van der Waals surface area contributed by atoms with Gasteiger partial charge in [-0.2, -0.15) is 0 Å². The smallest absolute Gasteiger partial charge is 0.354 e. The molecule has 10 heavy (non-hydrogen) atoms. The van der Waals surface area contributed by atoms with Crippen molar-refractivity contribution in [3.63, 3.8) is 0 Å². The van der Waals surface area contributed by atoms with Gasteiger partial charge in [-0.3, -0.25) is 0 Å². The van der Waals surface area contributed by atoms with Crippen LogP contribution in [0, 0.1) is 0 Å². The summed E-state index contributed by atoms with van der Waals surface area (Å²) < 4.78 is 21.4. The molecule has 1 N–H and O–H groups in total. The molecule has 0 saturated carbocycles. The van der Waals surface area contributed by atoms with E-state index in [1.54, 1.807) is 0 Å². The Morgan fingerprint density at radius 3 is 3.10 bits per heavy atom. The number of aromatic carboxylic acids is 1. The maximum Gasteiger partial charge on any atom is 0.354 e. The minimum atomic E-state index is -1.43. The molecule has 0 amide bonds. The molecule has 1 aromatic heterocycles. The number of pyridine rings is 1. The first-order chi connectivity index (χ1) is 5.95. The van der Waals surface area contributed by atoms with E-state index in [1.165, 1.54) is 0 Å². The van der Waals surface area contributed by atoms with Gasteiger partial charge in [0.2, 0.25) is 0 Å². The van der Waals surface area contributed by atoms with Crippen LogP contribution >= 0.6 is 11.6 Å². The predicted octanol–water partition coefficient (Wildman–Crippen LogP) is 1.43. The zero-order chi connectivity index (χ0) is 10.2. The number of carboxylic acid groups (broad SMARTS) is 1. The molecule has 0 unspecified atom stereocenters. The molecule has 0 aliphatic carbocycles. The summed E-state index contributed by atoms with van der Waals surface area (Å²) in [7, 11) is 0. The molecule has 0 saturated heterocycles. The molecule has 52 valence electrons. The highest BCUT2D eigenvalue weighted by atomic mass is 35.5. The normalized spacial score (nSPS) is 13.5. The van der Waals surface area contributed by atoms with Crippen molar-refractivity contribution in [3.8, 4) is 0 Å². The Hall–Kier alpha value is -1.09. The number of nitrogens with zero attached hydrogens (tertiary/aromatic N) is 1. The van der Waals surface area contributed by atoms with Crippen LogP contribution in [-0.2, 0) is 0 Å². The number of halogens is 1. The van der Waals surface area contributed by atoms with Crippen molar-refractivity contribution < 1.29 is 14.0 Å². The first kappa shape index (κ1) is 3.93. The fourth-order valence-corrected chi connectivity index (χ4v) is 0.529. The third kappa shape index (κ3) is 1.45. The lowest BCUT2D eigenvalue weighted by Gasteiger charge is -1.91. The molecule has 0 aliphatic rings. The minimum absolute atomic E-state index is 0.376. The summed E-state index contributed by atoms with van der Waals surface area (Å²) in [5.41, 5.74) is -0.606. The number of hydrogen-bond donors (Lipinski definition) is 1. The molecular formula is C6H4ClNO2. The van der Waals surface area contributed by atoms with Crippen LogP contribution < -0.4 is 0 Å². The fraction of sp³-hybridized carbons (Fsp3) is 0. The summed E-state index contributed by atoms with van der Waals surface area (Å²) >= 11 is 5.37. The number of hydrogen-bond acceptors (Lipinski definition) is 2. The summed E-state index contributed by atoms with van der Waals surface area (Å²) in [5.74, 6) is -1.43. The van der Waals surface area contributed by atoms with Gasteiger partial charge in [-0.15, -0.1) is 0 Å². The second-order valence-corrected chi connectivity index (χ2v) is 1.79. The second kappa shape index (κ2) is 2.66. The highest BCUT2D eigenvalue weighted by Gasteiger charge is 2.02. The number of aromatic nitrogens is 1. The average molecular weight is 161 g/mol. The lowest BCUT2D eigenvalue weighted by atomic mass is 10.4. The van der Waals surface area contributed by atoms with E-state index in [-0.39, 0.29) is 5.15 Å². The quantitative estimate of drug-likeness (QED) is 0.633. The highest BCUT2D eigenvalue weighted by molar-refractivity contribution is 6.29. The van der Waals surface area contributed by atoms with Crippen molar-refractivity contribution in [1.82, 2.24) is 4.98 Å². The Kier molecular flexibility index (Phi) is 1.05. The standard InChI is InChI=1S/C6H4ClNO2/c7-5-3-1-2-4(8-5)6(9)10/h1-3H,(H,9,10)/i1D,2D,3D. The monoisotopic (exact) mass is 160 g/mol. The van der Waals surface area contributed by atoms with Gasteiger partial charge in [0.15, 0.2) is 0 Å². The molecule has 4 heteroatoms. The van der Waals surface area contributed by atoms with E-state index in [0.29, 0.717) is 0 Å². The second-order valence-electron chi connectivity index (χ2n) is 1.43. The lowest BCUT2D eigenvalue weighted by molar-refractivity contribution is 0.0690. The molecule has 0 aliphatic heterocycles. The van der Waals surface area contributed by atoms with Crippen molar-refractivity contribution in [2.24, 2.45) is 0 Å². The van der Waals surface area contributed by atoms with Gasteiger partial charge in [0, 0.05) is 0 Å². The van der Waals surface area contributed by atoms with E-state index in [2.05, 4.69) is 4.98 Å². The molecule has 1 heterocycles. The van der Waals surface area contributed by atoms with E-state index >= 15 is 0 Å². The van der Waals surface area contributed by atoms with Crippen molar-refractivity contribution in [2.45, 2.75) is 0 Å². The predicted molar refractivity (Wildman–Crippen MR) is 36.2 cm³/mol. The molecule has 0 aromatic carbocycles. The molecule has 0 bridgehead atoms. The van der Waals surface area contributed by atoms with Gasteiger partial charge in [-0.1, -0.05) is 17.6 Å². The van der Waals surface area contributed by atoms with Gasteiger partial charge in [0.05, 0.1) is 4.11 Å². The van der Waals surface area contributed by atoms with E-state index in [1.807, 2.05) is 0 Å². The van der Waals surface area contributed by atoms with E-state index in [9.17, 15) is 4.79 Å². The summed E-state index contributed by atoms with van der Waals surface area (Å²) in [4.78, 5) is 13.8. The maximum atomic E-state index is 10.5. The van der Waals surface area contributed by atoms with Gasteiger partial charge >= 0.3 is 5.97 Å². The van der Waals surface area contributed by atoms with Crippen LogP contribution in [0.3, 0.4) is 0 Å². The lowest BCUT2D eigenvalue weighted by Crippen LogP contribution is -1.98. The first-order valence-electron chi connectivity index (χ1n) is 3.81. The molecule has 0 fully saturated rings. The average Bonchev–Trinajstić information content (AvgIpc) is 2.07. The molecule has 0 radical (unpaired) electrons. The zero-order valence-electron chi connectivity index (χ0n) is 7.68. The van der Waals surface area contributed by atoms with Gasteiger partial charge in [-0.05, 0) is 12.1 Å². The van der Waals surface area contributed by atoms with Crippen LogP contribution in [0.4, 0.5) is 0 Å². The van der Waals surface area contributed by atoms with Crippen molar-refractivity contribution >= 4 is 17.6 Å². The maximum absolute atomic E-state index is 10.5. The number of rotatable bonds is 1. The molecule has 0 atom stereocenters. The SMILES string of the molecule is [2H]c1c(Cl)nc(C(=O)O)c([2H])c1[2H]. The Morgan fingerprint density at radius 2 is 2.50 bits per heavy atom. The van der Waals surface area contributed by atoms with Gasteiger partial charge < -0.3 is 5.11 Å². The van der Waals surface area contributed by atoms with Crippen molar-refractivity contribution in [3.05, 3.63) is 29.0 Å². The Balaban J connectivity index is 3.50. The van der Waals surface area contributed by atoms with Crippen LogP contribution in [0.1, 0.15) is 14.6 Å². The van der Waals surface area contributed by atoms with Gasteiger partial charge in [0.1, 0.15) is 10.8 Å². The molecule has 1 rings (SSSR count). The summed E-state index contributed by atoms with van der Waals surface area (Å²) in [5, 5.41) is 8.14. The minimum Gasteiger partial charge on any atom is -0.477 e. The summed E-state index contributed by atoms with van der Waals surface area (Å²) in [6, 6.07) is -1.56. The Morgan fingerprint density at radius 1 is 1.80 bits per heavy atom. The Bertz CT molecular complexity index is 383. The highest BCUT2D eigenvalue weighted by Crippen LogP contribution is 2.04. The molecule has 3 nitrogen and oxygen atoms in total. The largest absolute Gasteiger partial charge is 0.477 e. The number of carbonyl (C=O) groups is 1. The van der Waals surface area contributed by atoms with Crippen molar-refractivity contribution in [2.75, 3.05) is 0 Å². The van der Waals surface area contributed by atoms with Crippen LogP contribution in [0.25, 0.3) is 0 Å². The van der Waals surface area contributed by atoms with Crippen LogP contribution in [0.5, 0.6) is 0 Å². The van der Waals surface area contributed by atoms with E-state index in [0.717, 1.165) is 0 Å². The van der Waals surface area contributed by atoms with Gasteiger partial charge in [0.25, 0.3) is 0 Å². The molecule has 0 spiro atoms. The summed E-state index contributed by atoms with van der Waals surface area (Å²) in [6.45, 7) is 0. The van der Waals surface area contributed by atoms with E-state index < -0.39 is 29.8 Å². The molecule has 1 aromatic rings. The molecular weight excluding hydrogens is 154 g/mol. The number of carboxylic acids is 1. The van der Waals surface area contributed by atoms with Crippen molar-refractivity contribution in [1.29, 1.82) is 0 Å². The third-order valence-electron chi connectivity index (χ3n) is 0.759. The van der Waals surface area contributed by atoms with Crippen LogP contribution in [0.2, 0.25) is 5.15 Å². The summed E-state index contributed by atoms with van der Waals surface area (Å²) in [6.07, 6.45) is 0. The zero-order valence-corrected chi connectivity index (χ0v) is 5.44.